The molecule has 7 nitrogen and oxygen atoms in total. The fourth-order valence-corrected chi connectivity index (χ4v) is 3.90. The highest BCUT2D eigenvalue weighted by molar-refractivity contribution is 5.77. The molecule has 2 aromatic heterocycles. The molecular formula is C24H23FN6O. The van der Waals surface area contributed by atoms with Gasteiger partial charge in [-0.2, -0.15) is 0 Å². The van der Waals surface area contributed by atoms with E-state index in [1.54, 1.807) is 37.8 Å². The van der Waals surface area contributed by atoms with E-state index in [0.29, 0.717) is 11.8 Å². The quantitative estimate of drug-likeness (QED) is 0.516. The zero-order valence-corrected chi connectivity index (χ0v) is 17.7. The van der Waals surface area contributed by atoms with Crippen molar-refractivity contribution < 1.29 is 9.13 Å². The van der Waals surface area contributed by atoms with E-state index < -0.39 is 0 Å². The molecule has 1 fully saturated rings. The number of nitrogens with zero attached hydrogens (tertiary/aromatic N) is 5. The molecule has 0 aliphatic carbocycles. The molecule has 162 valence electrons. The van der Waals surface area contributed by atoms with Gasteiger partial charge in [-0.1, -0.05) is 0 Å². The van der Waals surface area contributed by atoms with Crippen molar-refractivity contribution in [3.05, 3.63) is 72.9 Å². The first-order chi connectivity index (χ1) is 15.7. The second-order valence-corrected chi connectivity index (χ2v) is 7.55. The Labute approximate surface area is 185 Å². The zero-order chi connectivity index (χ0) is 21.9. The Bertz CT molecular complexity index is 1170. The lowest BCUT2D eigenvalue weighted by Crippen LogP contribution is -2.47. The van der Waals surface area contributed by atoms with Crippen LogP contribution in [0.4, 0.5) is 16.0 Å². The van der Waals surface area contributed by atoms with Crippen LogP contribution in [0.15, 0.2) is 67.1 Å². The van der Waals surface area contributed by atoms with E-state index in [9.17, 15) is 4.39 Å². The van der Waals surface area contributed by atoms with Gasteiger partial charge in [0.2, 0.25) is 5.95 Å². The molecule has 32 heavy (non-hydrogen) atoms. The molecule has 0 spiro atoms. The van der Waals surface area contributed by atoms with Crippen molar-refractivity contribution in [3.63, 3.8) is 0 Å². The number of benzene rings is 2. The number of ether oxygens (including phenoxy) is 1. The molecule has 1 aliphatic heterocycles. The first kappa shape index (κ1) is 20.0. The summed E-state index contributed by atoms with van der Waals surface area (Å²) in [6, 6.07) is 14.5. The van der Waals surface area contributed by atoms with Crippen molar-refractivity contribution in [1.29, 1.82) is 0 Å². The van der Waals surface area contributed by atoms with E-state index in [2.05, 4.69) is 36.9 Å². The molecule has 4 aromatic rings. The highest BCUT2D eigenvalue weighted by Gasteiger charge is 2.21. The number of hydrogen-bond acceptors (Lipinski definition) is 6. The fraction of sp³-hybridized carbons (Fsp3) is 0.208. The Balaban J connectivity index is 1.39. The average Bonchev–Trinajstić information content (AvgIpc) is 3.39. The van der Waals surface area contributed by atoms with E-state index in [0.717, 1.165) is 48.7 Å². The van der Waals surface area contributed by atoms with E-state index >= 15 is 0 Å². The molecule has 0 amide bonds. The van der Waals surface area contributed by atoms with Crippen molar-refractivity contribution in [3.8, 4) is 28.4 Å². The van der Waals surface area contributed by atoms with Gasteiger partial charge in [-0.25, -0.2) is 19.3 Å². The standard InChI is InChI=1S/C24H23FN6O/c1-32-20-8-6-19(7-9-20)30-12-14-31(15-13-30)24-28-16-21(23-26-10-11-27-23)22(29-24)17-2-4-18(25)5-3-17/h2-11,16H,12-15H2,1H3,(H,26,27). The van der Waals surface area contributed by atoms with E-state index in [1.807, 2.05) is 12.1 Å². The second kappa shape index (κ2) is 8.66. The maximum atomic E-state index is 13.5. The van der Waals surface area contributed by atoms with Gasteiger partial charge in [-0.15, -0.1) is 0 Å². The summed E-state index contributed by atoms with van der Waals surface area (Å²) in [5.41, 5.74) is 3.50. The summed E-state index contributed by atoms with van der Waals surface area (Å²) >= 11 is 0. The number of halogens is 1. The van der Waals surface area contributed by atoms with Crippen molar-refractivity contribution in [1.82, 2.24) is 19.9 Å². The van der Waals surface area contributed by atoms with E-state index in [-0.39, 0.29) is 5.82 Å². The molecule has 0 unspecified atom stereocenters. The van der Waals surface area contributed by atoms with Gasteiger partial charge in [0.15, 0.2) is 0 Å². The molecule has 8 heteroatoms. The lowest BCUT2D eigenvalue weighted by atomic mass is 10.1. The predicted molar refractivity (Wildman–Crippen MR) is 122 cm³/mol. The fourth-order valence-electron chi connectivity index (χ4n) is 3.90. The highest BCUT2D eigenvalue weighted by Crippen LogP contribution is 2.30. The normalized spacial score (nSPS) is 13.9. The number of aromatic amines is 1. The average molecular weight is 430 g/mol. The SMILES string of the molecule is COc1ccc(N2CCN(c3ncc(-c4ncc[nH]4)c(-c4ccc(F)cc4)n3)CC2)cc1. The highest BCUT2D eigenvalue weighted by atomic mass is 19.1. The summed E-state index contributed by atoms with van der Waals surface area (Å²) in [6.45, 7) is 3.33. The maximum Gasteiger partial charge on any atom is 0.226 e. The van der Waals surface area contributed by atoms with Crippen molar-refractivity contribution in [2.75, 3.05) is 43.1 Å². The molecule has 1 aliphatic rings. The summed E-state index contributed by atoms with van der Waals surface area (Å²) in [5, 5.41) is 0. The van der Waals surface area contributed by atoms with Crippen molar-refractivity contribution >= 4 is 11.6 Å². The molecular weight excluding hydrogens is 407 g/mol. The van der Waals surface area contributed by atoms with Crippen molar-refractivity contribution in [2.24, 2.45) is 0 Å². The number of nitrogens with one attached hydrogen (secondary N) is 1. The van der Waals surface area contributed by atoms with Crippen LogP contribution in [0, 0.1) is 5.82 Å². The van der Waals surface area contributed by atoms with Crippen LogP contribution in [-0.2, 0) is 0 Å². The summed E-state index contributed by atoms with van der Waals surface area (Å²) < 4.78 is 18.7. The molecule has 0 saturated carbocycles. The number of anilines is 2. The predicted octanol–water partition coefficient (Wildman–Crippen LogP) is 4.01. The summed E-state index contributed by atoms with van der Waals surface area (Å²) in [6.07, 6.45) is 5.24. The molecule has 1 N–H and O–H groups in total. The van der Waals surface area contributed by atoms with Crippen LogP contribution >= 0.6 is 0 Å². The topological polar surface area (TPSA) is 70.2 Å². The molecule has 5 rings (SSSR count). The first-order valence-corrected chi connectivity index (χ1v) is 10.5. The second-order valence-electron chi connectivity index (χ2n) is 7.55. The van der Waals surface area contributed by atoms with Gasteiger partial charge in [0.25, 0.3) is 0 Å². The van der Waals surface area contributed by atoms with Crippen LogP contribution in [0.2, 0.25) is 0 Å². The third-order valence-electron chi connectivity index (χ3n) is 5.65. The van der Waals surface area contributed by atoms with Gasteiger partial charge in [0.1, 0.15) is 17.4 Å². The Morgan fingerprint density at radius 2 is 1.62 bits per heavy atom. The summed E-state index contributed by atoms with van der Waals surface area (Å²) in [7, 11) is 1.67. The van der Waals surface area contributed by atoms with Gasteiger partial charge in [-0.3, -0.25) is 0 Å². The minimum Gasteiger partial charge on any atom is -0.497 e. The Morgan fingerprint density at radius 1 is 0.906 bits per heavy atom. The number of H-pyrrole nitrogens is 1. The number of hydrogen-bond donors (Lipinski definition) is 1. The van der Waals surface area contributed by atoms with Gasteiger partial charge in [-0.05, 0) is 48.5 Å². The van der Waals surface area contributed by atoms with Crippen LogP contribution in [0.5, 0.6) is 5.75 Å². The number of imidazole rings is 1. The van der Waals surface area contributed by atoms with E-state index in [4.69, 9.17) is 9.72 Å². The third-order valence-corrected chi connectivity index (χ3v) is 5.65. The summed E-state index contributed by atoms with van der Waals surface area (Å²) in [4.78, 5) is 21.5. The zero-order valence-electron chi connectivity index (χ0n) is 17.7. The minimum atomic E-state index is -0.280. The third kappa shape index (κ3) is 3.99. The van der Waals surface area contributed by atoms with Crippen LogP contribution in [0.1, 0.15) is 0 Å². The van der Waals surface area contributed by atoms with Gasteiger partial charge < -0.3 is 19.5 Å². The Morgan fingerprint density at radius 3 is 2.28 bits per heavy atom. The van der Waals surface area contributed by atoms with Crippen LogP contribution in [0.25, 0.3) is 22.6 Å². The molecule has 0 atom stereocenters. The lowest BCUT2D eigenvalue weighted by Gasteiger charge is -2.36. The minimum absolute atomic E-state index is 0.280. The molecule has 3 heterocycles. The van der Waals surface area contributed by atoms with Crippen LogP contribution < -0.4 is 14.5 Å². The molecule has 2 aromatic carbocycles. The molecule has 0 radical (unpaired) electrons. The number of methoxy groups -OCH3 is 1. The Kier molecular flexibility index (Phi) is 5.41. The largest absolute Gasteiger partial charge is 0.497 e. The van der Waals surface area contributed by atoms with Crippen LogP contribution in [-0.4, -0.2) is 53.2 Å². The van der Waals surface area contributed by atoms with Gasteiger partial charge >= 0.3 is 0 Å². The van der Waals surface area contributed by atoms with Gasteiger partial charge in [0.05, 0.1) is 18.4 Å². The molecule has 1 saturated heterocycles. The Hall–Kier alpha value is -3.94. The monoisotopic (exact) mass is 430 g/mol. The number of rotatable bonds is 5. The maximum absolute atomic E-state index is 13.5. The van der Waals surface area contributed by atoms with Crippen molar-refractivity contribution in [2.45, 2.75) is 0 Å². The van der Waals surface area contributed by atoms with E-state index in [1.165, 1.54) is 17.8 Å². The smallest absolute Gasteiger partial charge is 0.226 e. The lowest BCUT2D eigenvalue weighted by molar-refractivity contribution is 0.415. The summed E-state index contributed by atoms with van der Waals surface area (Å²) in [5.74, 6) is 1.91. The van der Waals surface area contributed by atoms with Gasteiger partial charge in [0, 0.05) is 56.0 Å². The number of aromatic nitrogens is 4. The van der Waals surface area contributed by atoms with Crippen LogP contribution in [0.3, 0.4) is 0 Å². The number of piperazine rings is 1. The first-order valence-electron chi connectivity index (χ1n) is 10.5. The molecule has 0 bridgehead atoms.